The minimum absolute atomic E-state index is 0.0539. The van der Waals surface area contributed by atoms with Gasteiger partial charge in [0.05, 0.1) is 17.3 Å². The first kappa shape index (κ1) is 20.0. The van der Waals surface area contributed by atoms with Crippen LogP contribution in [0.5, 0.6) is 0 Å². The normalized spacial score (nSPS) is 11.9. The molecule has 0 aliphatic carbocycles. The van der Waals surface area contributed by atoms with Crippen molar-refractivity contribution in [2.45, 2.75) is 40.3 Å². The molecule has 2 aromatic rings. The molecule has 0 spiro atoms. The summed E-state index contributed by atoms with van der Waals surface area (Å²) in [6, 6.07) is 4.96. The molecule has 1 amide bonds. The van der Waals surface area contributed by atoms with Gasteiger partial charge < -0.3 is 20.7 Å². The molecule has 0 aliphatic rings. The van der Waals surface area contributed by atoms with Gasteiger partial charge in [-0.1, -0.05) is 11.6 Å². The number of hydrogen-bond acceptors (Lipinski definition) is 4. The minimum atomic E-state index is -0.293. The van der Waals surface area contributed by atoms with Crippen LogP contribution in [0.25, 0.3) is 0 Å². The molecule has 0 radical (unpaired) electrons. The van der Waals surface area contributed by atoms with Crippen LogP contribution in [0.4, 0.5) is 5.69 Å². The Morgan fingerprint density at radius 1 is 1.31 bits per heavy atom. The van der Waals surface area contributed by atoms with Crippen LogP contribution in [-0.2, 0) is 6.54 Å². The first-order valence-corrected chi connectivity index (χ1v) is 8.76. The summed E-state index contributed by atoms with van der Waals surface area (Å²) in [5.41, 5.74) is 3.71. The fourth-order valence-electron chi connectivity index (χ4n) is 2.76. The third kappa shape index (κ3) is 4.45. The highest BCUT2D eigenvalue weighted by Crippen LogP contribution is 2.29. The Bertz CT molecular complexity index is 877. The SMILES string of the molecule is Cc1cc(C)c(CNC(=O)c2ccc(Cl)c(NC(C)CO)c2C)c(=O)[nH]1. The standard InChI is InChI=1S/C19H24ClN3O3/c1-10-7-11(2)23-19(26)15(10)8-21-18(25)14-5-6-16(20)17(13(14)4)22-12(3)9-24/h5-7,12,22,24H,8-9H2,1-4H3,(H,21,25)(H,23,26). The molecule has 2 rings (SSSR count). The summed E-state index contributed by atoms with van der Waals surface area (Å²) in [7, 11) is 0. The third-order valence-corrected chi connectivity index (χ3v) is 4.56. The van der Waals surface area contributed by atoms with Gasteiger partial charge in [0.25, 0.3) is 11.5 Å². The highest BCUT2D eigenvalue weighted by molar-refractivity contribution is 6.33. The molecule has 0 saturated carbocycles. The number of rotatable bonds is 6. The number of benzene rings is 1. The van der Waals surface area contributed by atoms with Gasteiger partial charge in [-0.15, -0.1) is 0 Å². The number of aromatic amines is 1. The average molecular weight is 378 g/mol. The number of aromatic nitrogens is 1. The molecule has 7 heteroatoms. The maximum Gasteiger partial charge on any atom is 0.253 e. The monoisotopic (exact) mass is 377 g/mol. The summed E-state index contributed by atoms with van der Waals surface area (Å²) >= 11 is 6.22. The summed E-state index contributed by atoms with van der Waals surface area (Å²) in [5, 5.41) is 15.6. The molecular formula is C19H24ClN3O3. The van der Waals surface area contributed by atoms with Crippen LogP contribution in [-0.4, -0.2) is 28.6 Å². The second kappa shape index (κ2) is 8.38. The molecule has 0 fully saturated rings. The van der Waals surface area contributed by atoms with Gasteiger partial charge in [-0.3, -0.25) is 9.59 Å². The van der Waals surface area contributed by atoms with E-state index in [-0.39, 0.29) is 30.7 Å². The van der Waals surface area contributed by atoms with Crippen LogP contribution < -0.4 is 16.2 Å². The second-order valence-electron chi connectivity index (χ2n) is 6.45. The summed E-state index contributed by atoms with van der Waals surface area (Å²) in [6.45, 7) is 7.34. The van der Waals surface area contributed by atoms with Crippen LogP contribution in [0.1, 0.15) is 39.7 Å². The van der Waals surface area contributed by atoms with Crippen LogP contribution in [0.2, 0.25) is 5.02 Å². The number of anilines is 1. The Morgan fingerprint density at radius 2 is 2.00 bits per heavy atom. The van der Waals surface area contributed by atoms with Gasteiger partial charge >= 0.3 is 0 Å². The van der Waals surface area contributed by atoms with Crippen molar-refractivity contribution in [2.75, 3.05) is 11.9 Å². The number of hydrogen-bond donors (Lipinski definition) is 4. The maximum atomic E-state index is 12.6. The number of amides is 1. The number of aliphatic hydroxyl groups is 1. The molecule has 6 nitrogen and oxygen atoms in total. The van der Waals surface area contributed by atoms with Gasteiger partial charge in [0, 0.05) is 29.4 Å². The second-order valence-corrected chi connectivity index (χ2v) is 6.86. The molecule has 1 aromatic carbocycles. The predicted molar refractivity (Wildman–Crippen MR) is 104 cm³/mol. The Balaban J connectivity index is 2.23. The fourth-order valence-corrected chi connectivity index (χ4v) is 3.02. The van der Waals surface area contributed by atoms with Crippen molar-refractivity contribution < 1.29 is 9.90 Å². The van der Waals surface area contributed by atoms with Crippen molar-refractivity contribution in [1.29, 1.82) is 0 Å². The number of aliphatic hydroxyl groups excluding tert-OH is 1. The van der Waals surface area contributed by atoms with Crippen molar-refractivity contribution in [3.63, 3.8) is 0 Å². The number of pyridine rings is 1. The van der Waals surface area contributed by atoms with E-state index in [0.29, 0.717) is 27.4 Å². The van der Waals surface area contributed by atoms with E-state index >= 15 is 0 Å². The van der Waals surface area contributed by atoms with Crippen molar-refractivity contribution in [2.24, 2.45) is 0 Å². The van der Waals surface area contributed by atoms with E-state index in [2.05, 4.69) is 15.6 Å². The topological polar surface area (TPSA) is 94.2 Å². The quantitative estimate of drug-likeness (QED) is 0.622. The van der Waals surface area contributed by atoms with E-state index in [4.69, 9.17) is 11.6 Å². The number of aryl methyl sites for hydroxylation is 2. The molecule has 0 aliphatic heterocycles. The van der Waals surface area contributed by atoms with Crippen molar-refractivity contribution >= 4 is 23.2 Å². The number of carbonyl (C=O) groups is 1. The number of halogens is 1. The lowest BCUT2D eigenvalue weighted by Crippen LogP contribution is -2.29. The van der Waals surface area contributed by atoms with E-state index in [9.17, 15) is 14.7 Å². The average Bonchev–Trinajstić information content (AvgIpc) is 2.57. The van der Waals surface area contributed by atoms with Gasteiger partial charge in [-0.2, -0.15) is 0 Å². The van der Waals surface area contributed by atoms with Gasteiger partial charge in [0.2, 0.25) is 0 Å². The Morgan fingerprint density at radius 3 is 2.62 bits per heavy atom. The van der Waals surface area contributed by atoms with Gasteiger partial charge in [0.15, 0.2) is 0 Å². The summed E-state index contributed by atoms with van der Waals surface area (Å²) in [5.74, 6) is -0.293. The van der Waals surface area contributed by atoms with E-state index in [0.717, 1.165) is 11.3 Å². The fraction of sp³-hybridized carbons (Fsp3) is 0.368. The molecule has 140 valence electrons. The molecule has 0 bridgehead atoms. The minimum Gasteiger partial charge on any atom is -0.394 e. The highest BCUT2D eigenvalue weighted by atomic mass is 35.5. The predicted octanol–water partition coefficient (Wildman–Crippen LogP) is 2.68. The lowest BCUT2D eigenvalue weighted by molar-refractivity contribution is 0.0950. The first-order valence-electron chi connectivity index (χ1n) is 8.38. The largest absolute Gasteiger partial charge is 0.394 e. The number of nitrogens with one attached hydrogen (secondary N) is 3. The summed E-state index contributed by atoms with van der Waals surface area (Å²) < 4.78 is 0. The van der Waals surface area contributed by atoms with Gasteiger partial charge in [0.1, 0.15) is 0 Å². The van der Waals surface area contributed by atoms with E-state index < -0.39 is 0 Å². The number of H-pyrrole nitrogens is 1. The van der Waals surface area contributed by atoms with Gasteiger partial charge in [-0.05, 0) is 57.0 Å². The molecular weight excluding hydrogens is 354 g/mol. The van der Waals surface area contributed by atoms with Crippen LogP contribution in [0.3, 0.4) is 0 Å². The van der Waals surface area contributed by atoms with Crippen molar-refractivity contribution in [1.82, 2.24) is 10.3 Å². The van der Waals surface area contributed by atoms with Gasteiger partial charge in [-0.25, -0.2) is 0 Å². The van der Waals surface area contributed by atoms with Crippen LogP contribution in [0, 0.1) is 20.8 Å². The van der Waals surface area contributed by atoms with E-state index in [1.807, 2.05) is 26.8 Å². The number of carbonyl (C=O) groups excluding carboxylic acids is 1. The van der Waals surface area contributed by atoms with Crippen molar-refractivity contribution in [3.8, 4) is 0 Å². The van der Waals surface area contributed by atoms with Crippen molar-refractivity contribution in [3.05, 3.63) is 61.5 Å². The third-order valence-electron chi connectivity index (χ3n) is 4.24. The van der Waals surface area contributed by atoms with Crippen LogP contribution in [0.15, 0.2) is 23.0 Å². The van der Waals surface area contributed by atoms with Crippen LogP contribution >= 0.6 is 11.6 Å². The molecule has 26 heavy (non-hydrogen) atoms. The lowest BCUT2D eigenvalue weighted by atomic mass is 10.0. The zero-order chi connectivity index (χ0) is 19.4. The smallest absolute Gasteiger partial charge is 0.253 e. The zero-order valence-corrected chi connectivity index (χ0v) is 16.1. The summed E-state index contributed by atoms with van der Waals surface area (Å²) in [4.78, 5) is 27.4. The Labute approximate surface area is 157 Å². The molecule has 1 aromatic heterocycles. The van der Waals surface area contributed by atoms with E-state index in [1.54, 1.807) is 19.1 Å². The highest BCUT2D eigenvalue weighted by Gasteiger charge is 2.16. The zero-order valence-electron chi connectivity index (χ0n) is 15.4. The summed E-state index contributed by atoms with van der Waals surface area (Å²) in [6.07, 6.45) is 0. The molecule has 0 saturated heterocycles. The maximum absolute atomic E-state index is 12.6. The first-order chi connectivity index (χ1) is 12.2. The molecule has 1 unspecified atom stereocenters. The lowest BCUT2D eigenvalue weighted by Gasteiger charge is -2.18. The molecule has 4 N–H and O–H groups in total. The molecule has 1 atom stereocenters. The Hall–Kier alpha value is -2.31. The Kier molecular flexibility index (Phi) is 6.45. The van der Waals surface area contributed by atoms with E-state index in [1.165, 1.54) is 0 Å². The molecule has 1 heterocycles.